The van der Waals surface area contributed by atoms with Crippen molar-refractivity contribution < 1.29 is 19.0 Å². The third-order valence-corrected chi connectivity index (χ3v) is 5.75. The molecule has 0 bridgehead atoms. The highest BCUT2D eigenvalue weighted by Gasteiger charge is 2.10. The molecule has 1 unspecified atom stereocenters. The molecule has 0 radical (unpaired) electrons. The molecular weight excluding hydrogens is 424 g/mol. The average Bonchev–Trinajstić information content (AvgIpc) is 2.85. The molecule has 4 heteroatoms. The summed E-state index contributed by atoms with van der Waals surface area (Å²) in [4.78, 5) is 12.5. The molecule has 0 aromatic heterocycles. The zero-order chi connectivity index (χ0) is 24.4. The number of benzene rings is 2. The Morgan fingerprint density at radius 2 is 1.44 bits per heavy atom. The van der Waals surface area contributed by atoms with E-state index in [-0.39, 0.29) is 12.1 Å². The van der Waals surface area contributed by atoms with Crippen molar-refractivity contribution in [3.63, 3.8) is 0 Å². The summed E-state index contributed by atoms with van der Waals surface area (Å²) in [6.45, 7) is 8.76. The van der Waals surface area contributed by atoms with Crippen LogP contribution in [0.3, 0.4) is 0 Å². The molecule has 0 heterocycles. The van der Waals surface area contributed by atoms with Crippen LogP contribution in [0.1, 0.15) is 94.8 Å². The van der Waals surface area contributed by atoms with Crippen LogP contribution in [-0.4, -0.2) is 18.7 Å². The normalized spacial score (nSPS) is 11.6. The fraction of sp³-hybridized carbons (Fsp3) is 0.500. The van der Waals surface area contributed by atoms with Gasteiger partial charge in [-0.2, -0.15) is 0 Å². The second kappa shape index (κ2) is 16.8. The van der Waals surface area contributed by atoms with Crippen molar-refractivity contribution in [2.75, 3.05) is 6.61 Å². The number of carbonyl (C=O) groups excluding carboxylic acids is 1. The standard InChI is InChI=1S/C30H42O4/c1-4-6-8-10-11-12-14-24-32-27-20-22-29(23-21-27)34-30(31)26-16-18-28(19-17-26)33-25(3)15-13-9-7-5-2/h4,16-23,25H,1,5-15,24H2,2-3H3. The third kappa shape index (κ3) is 11.4. The summed E-state index contributed by atoms with van der Waals surface area (Å²) in [6.07, 6.45) is 15.2. The van der Waals surface area contributed by atoms with Crippen LogP contribution in [0.2, 0.25) is 0 Å². The topological polar surface area (TPSA) is 44.8 Å². The maximum Gasteiger partial charge on any atom is 0.343 e. The smallest absolute Gasteiger partial charge is 0.343 e. The Labute approximate surface area is 206 Å². The van der Waals surface area contributed by atoms with Crippen molar-refractivity contribution in [3.05, 3.63) is 66.7 Å². The van der Waals surface area contributed by atoms with Crippen LogP contribution in [0.25, 0.3) is 0 Å². The Bertz CT molecular complexity index is 811. The highest BCUT2D eigenvalue weighted by molar-refractivity contribution is 5.91. The molecule has 4 nitrogen and oxygen atoms in total. The molecule has 0 saturated carbocycles. The van der Waals surface area contributed by atoms with Gasteiger partial charge in [-0.3, -0.25) is 0 Å². The van der Waals surface area contributed by atoms with Crippen molar-refractivity contribution in [2.24, 2.45) is 0 Å². The summed E-state index contributed by atoms with van der Waals surface area (Å²) in [6, 6.07) is 14.4. The molecule has 2 aromatic carbocycles. The van der Waals surface area contributed by atoms with E-state index in [1.807, 2.05) is 30.3 Å². The highest BCUT2D eigenvalue weighted by Crippen LogP contribution is 2.21. The number of hydrogen-bond donors (Lipinski definition) is 0. The number of rotatable bonds is 18. The van der Waals surface area contributed by atoms with E-state index in [4.69, 9.17) is 14.2 Å². The first-order valence-corrected chi connectivity index (χ1v) is 12.9. The van der Waals surface area contributed by atoms with Gasteiger partial charge in [0, 0.05) is 0 Å². The number of esters is 1. The Morgan fingerprint density at radius 3 is 2.15 bits per heavy atom. The van der Waals surface area contributed by atoms with Gasteiger partial charge in [-0.15, -0.1) is 6.58 Å². The molecule has 2 aromatic rings. The quantitative estimate of drug-likeness (QED) is 0.0955. The van der Waals surface area contributed by atoms with Crippen molar-refractivity contribution in [3.8, 4) is 17.2 Å². The minimum atomic E-state index is -0.385. The van der Waals surface area contributed by atoms with E-state index in [2.05, 4.69) is 20.4 Å². The lowest BCUT2D eigenvalue weighted by Gasteiger charge is -2.14. The van der Waals surface area contributed by atoms with E-state index < -0.39 is 0 Å². The van der Waals surface area contributed by atoms with E-state index in [0.717, 1.165) is 30.8 Å². The van der Waals surface area contributed by atoms with Gasteiger partial charge in [0.25, 0.3) is 0 Å². The maximum atomic E-state index is 12.5. The van der Waals surface area contributed by atoms with Gasteiger partial charge >= 0.3 is 5.97 Å². The Balaban J connectivity index is 1.69. The van der Waals surface area contributed by atoms with Crippen molar-refractivity contribution in [1.82, 2.24) is 0 Å². The first kappa shape index (κ1) is 27.5. The molecule has 0 aliphatic rings. The fourth-order valence-corrected chi connectivity index (χ4v) is 3.70. The molecule has 0 aliphatic heterocycles. The van der Waals surface area contributed by atoms with Gasteiger partial charge in [0.05, 0.1) is 18.3 Å². The Kier molecular flexibility index (Phi) is 13.6. The van der Waals surface area contributed by atoms with Gasteiger partial charge < -0.3 is 14.2 Å². The summed E-state index contributed by atoms with van der Waals surface area (Å²) in [5, 5.41) is 0. The van der Waals surface area contributed by atoms with Crippen LogP contribution in [0.5, 0.6) is 17.2 Å². The van der Waals surface area contributed by atoms with Crippen LogP contribution in [0.4, 0.5) is 0 Å². The van der Waals surface area contributed by atoms with Gasteiger partial charge in [-0.1, -0.05) is 51.5 Å². The molecule has 2 rings (SSSR count). The molecule has 0 saturated heterocycles. The number of hydrogen-bond acceptors (Lipinski definition) is 4. The van der Waals surface area contributed by atoms with Gasteiger partial charge in [-0.25, -0.2) is 4.79 Å². The van der Waals surface area contributed by atoms with E-state index in [1.165, 1.54) is 51.4 Å². The zero-order valence-electron chi connectivity index (χ0n) is 21.1. The molecular formula is C30H42O4. The van der Waals surface area contributed by atoms with E-state index >= 15 is 0 Å². The molecule has 186 valence electrons. The molecule has 1 atom stereocenters. The average molecular weight is 467 g/mol. The van der Waals surface area contributed by atoms with Gasteiger partial charge in [-0.05, 0) is 87.6 Å². The van der Waals surface area contributed by atoms with Crippen LogP contribution >= 0.6 is 0 Å². The summed E-state index contributed by atoms with van der Waals surface area (Å²) < 4.78 is 17.2. The largest absolute Gasteiger partial charge is 0.494 e. The maximum absolute atomic E-state index is 12.5. The SMILES string of the molecule is C=CCCCCCCCOc1ccc(OC(=O)c2ccc(OC(C)CCCCCC)cc2)cc1. The predicted molar refractivity (Wildman–Crippen MR) is 140 cm³/mol. The van der Waals surface area contributed by atoms with Gasteiger partial charge in [0.1, 0.15) is 17.2 Å². The monoisotopic (exact) mass is 466 g/mol. The lowest BCUT2D eigenvalue weighted by molar-refractivity contribution is 0.0734. The fourth-order valence-electron chi connectivity index (χ4n) is 3.70. The Morgan fingerprint density at radius 1 is 0.824 bits per heavy atom. The first-order chi connectivity index (χ1) is 16.6. The summed E-state index contributed by atoms with van der Waals surface area (Å²) in [5.74, 6) is 1.68. The second-order valence-electron chi connectivity index (χ2n) is 8.86. The molecule has 34 heavy (non-hydrogen) atoms. The van der Waals surface area contributed by atoms with E-state index in [9.17, 15) is 4.79 Å². The first-order valence-electron chi connectivity index (χ1n) is 12.9. The lowest BCUT2D eigenvalue weighted by Crippen LogP contribution is -2.12. The van der Waals surface area contributed by atoms with Crippen LogP contribution in [0, 0.1) is 0 Å². The zero-order valence-corrected chi connectivity index (χ0v) is 21.1. The highest BCUT2D eigenvalue weighted by atomic mass is 16.5. The number of unbranched alkanes of at least 4 members (excludes halogenated alkanes) is 8. The minimum absolute atomic E-state index is 0.165. The van der Waals surface area contributed by atoms with Crippen molar-refractivity contribution in [1.29, 1.82) is 0 Å². The Hall–Kier alpha value is -2.75. The second-order valence-corrected chi connectivity index (χ2v) is 8.86. The summed E-state index contributed by atoms with van der Waals surface area (Å²) in [7, 11) is 0. The molecule has 0 aliphatic carbocycles. The van der Waals surface area contributed by atoms with Crippen molar-refractivity contribution in [2.45, 2.75) is 90.6 Å². The predicted octanol–water partition coefficient (Wildman–Crippen LogP) is 8.55. The molecule has 0 amide bonds. The number of ether oxygens (including phenoxy) is 3. The number of allylic oxidation sites excluding steroid dienone is 1. The van der Waals surface area contributed by atoms with Gasteiger partial charge in [0.2, 0.25) is 0 Å². The molecule has 0 fully saturated rings. The minimum Gasteiger partial charge on any atom is -0.494 e. The van der Waals surface area contributed by atoms with Crippen LogP contribution in [-0.2, 0) is 0 Å². The van der Waals surface area contributed by atoms with Crippen LogP contribution < -0.4 is 14.2 Å². The third-order valence-electron chi connectivity index (χ3n) is 5.75. The molecule has 0 spiro atoms. The van der Waals surface area contributed by atoms with E-state index in [0.29, 0.717) is 17.9 Å². The van der Waals surface area contributed by atoms with Crippen LogP contribution in [0.15, 0.2) is 61.2 Å². The molecule has 0 N–H and O–H groups in total. The summed E-state index contributed by atoms with van der Waals surface area (Å²) in [5.41, 5.74) is 0.497. The summed E-state index contributed by atoms with van der Waals surface area (Å²) >= 11 is 0. The number of carbonyl (C=O) groups is 1. The lowest BCUT2D eigenvalue weighted by atomic mass is 10.1. The van der Waals surface area contributed by atoms with E-state index in [1.54, 1.807) is 24.3 Å². The van der Waals surface area contributed by atoms with Gasteiger partial charge in [0.15, 0.2) is 0 Å². The van der Waals surface area contributed by atoms with Crippen molar-refractivity contribution >= 4 is 5.97 Å².